The molecule has 1 aromatic carbocycles. The summed E-state index contributed by atoms with van der Waals surface area (Å²) in [6.45, 7) is 1.01. The second kappa shape index (κ2) is 5.61. The molecule has 2 N–H and O–H groups in total. The van der Waals surface area contributed by atoms with Crippen LogP contribution in [0.15, 0.2) is 23.1 Å². The molecule has 0 bridgehead atoms. The van der Waals surface area contributed by atoms with Crippen molar-refractivity contribution in [1.29, 1.82) is 0 Å². The Balaban J connectivity index is 3.28. The minimum Gasteiger partial charge on any atom is -0.395 e. The highest BCUT2D eigenvalue weighted by molar-refractivity contribution is 7.89. The predicted octanol–water partition coefficient (Wildman–Crippen LogP) is 0.907. The fraction of sp³-hybridized carbons (Fsp3) is 0.333. The lowest BCUT2D eigenvalue weighted by molar-refractivity contribution is -0.387. The van der Waals surface area contributed by atoms with Crippen LogP contribution in [0.3, 0.4) is 0 Å². The number of hydrogen-bond donors (Lipinski definition) is 2. The normalized spacial score (nSPS) is 13.3. The van der Waals surface area contributed by atoms with Crippen LogP contribution < -0.4 is 4.72 Å². The Morgan fingerprint density at radius 2 is 2.17 bits per heavy atom. The number of aliphatic hydroxyl groups excluding tert-OH is 1. The Kier molecular flexibility index (Phi) is 4.63. The number of benzene rings is 1. The maximum atomic E-state index is 11.9. The monoisotopic (exact) mass is 294 g/mol. The molecule has 0 radical (unpaired) electrons. The number of nitrogens with zero attached hydrogens (tertiary/aromatic N) is 1. The van der Waals surface area contributed by atoms with Gasteiger partial charge in [-0.3, -0.25) is 10.1 Å². The fourth-order valence-electron chi connectivity index (χ4n) is 1.23. The van der Waals surface area contributed by atoms with Gasteiger partial charge in [0.2, 0.25) is 10.0 Å². The summed E-state index contributed by atoms with van der Waals surface area (Å²) in [5.41, 5.74) is -0.611. The number of halogens is 1. The van der Waals surface area contributed by atoms with Gasteiger partial charge in [0.05, 0.1) is 11.5 Å². The zero-order valence-corrected chi connectivity index (χ0v) is 10.9. The lowest BCUT2D eigenvalue weighted by atomic mass is 10.3. The van der Waals surface area contributed by atoms with Gasteiger partial charge in [0.25, 0.3) is 5.69 Å². The first-order chi connectivity index (χ1) is 8.27. The molecule has 1 aromatic rings. The number of rotatable bonds is 5. The van der Waals surface area contributed by atoms with E-state index in [-0.39, 0.29) is 5.02 Å². The van der Waals surface area contributed by atoms with Crippen LogP contribution in [0.1, 0.15) is 6.92 Å². The van der Waals surface area contributed by atoms with Crippen molar-refractivity contribution in [2.75, 3.05) is 6.61 Å². The molecule has 0 heterocycles. The molecule has 1 atom stereocenters. The molecule has 0 aromatic heterocycles. The van der Waals surface area contributed by atoms with Crippen molar-refractivity contribution in [3.05, 3.63) is 33.3 Å². The van der Waals surface area contributed by atoms with Crippen molar-refractivity contribution >= 4 is 27.3 Å². The molecule has 9 heteroatoms. The van der Waals surface area contributed by atoms with Crippen molar-refractivity contribution in [2.24, 2.45) is 0 Å². The summed E-state index contributed by atoms with van der Waals surface area (Å²) in [5, 5.41) is 19.6. The van der Waals surface area contributed by atoms with E-state index in [4.69, 9.17) is 16.7 Å². The third kappa shape index (κ3) is 3.39. The van der Waals surface area contributed by atoms with E-state index in [0.29, 0.717) is 0 Å². The van der Waals surface area contributed by atoms with Crippen molar-refractivity contribution < 1.29 is 18.4 Å². The van der Waals surface area contributed by atoms with Crippen LogP contribution in [0.2, 0.25) is 5.02 Å². The number of nitro groups is 1. The van der Waals surface area contributed by atoms with Gasteiger partial charge in [0.15, 0.2) is 4.90 Å². The molecule has 7 nitrogen and oxygen atoms in total. The summed E-state index contributed by atoms with van der Waals surface area (Å²) in [6.07, 6.45) is 0. The van der Waals surface area contributed by atoms with Crippen LogP contribution in [-0.2, 0) is 10.0 Å². The van der Waals surface area contributed by atoms with Crippen molar-refractivity contribution in [2.45, 2.75) is 17.9 Å². The van der Waals surface area contributed by atoms with E-state index in [2.05, 4.69) is 4.72 Å². The number of aliphatic hydroxyl groups is 1. The molecule has 0 saturated heterocycles. The summed E-state index contributed by atoms with van der Waals surface area (Å²) in [6, 6.07) is 2.50. The summed E-state index contributed by atoms with van der Waals surface area (Å²) >= 11 is 5.58. The fourth-order valence-corrected chi connectivity index (χ4v) is 2.78. The summed E-state index contributed by atoms with van der Waals surface area (Å²) < 4.78 is 25.8. The van der Waals surface area contributed by atoms with Crippen molar-refractivity contribution in [1.82, 2.24) is 4.72 Å². The van der Waals surface area contributed by atoms with Crippen LogP contribution >= 0.6 is 11.6 Å². The van der Waals surface area contributed by atoms with E-state index in [0.717, 1.165) is 12.1 Å². The van der Waals surface area contributed by atoms with Crippen LogP contribution in [-0.4, -0.2) is 31.1 Å². The van der Waals surface area contributed by atoms with E-state index in [1.165, 1.54) is 13.0 Å². The Hall–Kier alpha value is -1.22. The molecule has 1 rings (SSSR count). The molecule has 0 aliphatic rings. The third-order valence-corrected chi connectivity index (χ3v) is 3.91. The Morgan fingerprint density at radius 3 is 2.67 bits per heavy atom. The maximum Gasteiger partial charge on any atom is 0.290 e. The highest BCUT2D eigenvalue weighted by Gasteiger charge is 2.27. The standard InChI is InChI=1S/C9H11ClN2O5S/c1-6(5-13)11-18(16,17)9-3-2-7(10)4-8(9)12(14)15/h2-4,6,11,13H,5H2,1H3. The molecule has 0 fully saturated rings. The summed E-state index contributed by atoms with van der Waals surface area (Å²) in [7, 11) is -4.07. The van der Waals surface area contributed by atoms with Gasteiger partial charge in [0.1, 0.15) is 0 Å². The zero-order valence-electron chi connectivity index (χ0n) is 9.33. The smallest absolute Gasteiger partial charge is 0.290 e. The topological polar surface area (TPSA) is 110 Å². The highest BCUT2D eigenvalue weighted by atomic mass is 35.5. The molecule has 1 unspecified atom stereocenters. The van der Waals surface area contributed by atoms with Crippen molar-refractivity contribution in [3.63, 3.8) is 0 Å². The minimum absolute atomic E-state index is 0.0656. The maximum absolute atomic E-state index is 11.9. The van der Waals surface area contributed by atoms with Crippen LogP contribution in [0.5, 0.6) is 0 Å². The number of hydrogen-bond acceptors (Lipinski definition) is 5. The van der Waals surface area contributed by atoms with Gasteiger partial charge in [-0.05, 0) is 19.1 Å². The first-order valence-corrected chi connectivity index (χ1v) is 6.71. The second-order valence-corrected chi connectivity index (χ2v) is 5.69. The quantitative estimate of drug-likeness (QED) is 0.619. The SMILES string of the molecule is CC(CO)NS(=O)(=O)c1ccc(Cl)cc1[N+](=O)[O-]. The first-order valence-electron chi connectivity index (χ1n) is 4.85. The number of nitro benzene ring substituents is 1. The van der Waals surface area contributed by atoms with E-state index in [1.54, 1.807) is 0 Å². The largest absolute Gasteiger partial charge is 0.395 e. The van der Waals surface area contributed by atoms with Gasteiger partial charge in [0, 0.05) is 17.1 Å². The molecular weight excluding hydrogens is 284 g/mol. The Morgan fingerprint density at radius 1 is 1.56 bits per heavy atom. The summed E-state index contributed by atoms with van der Waals surface area (Å²) in [5.74, 6) is 0. The van der Waals surface area contributed by atoms with Gasteiger partial charge < -0.3 is 5.11 Å². The molecule has 0 aliphatic heterocycles. The highest BCUT2D eigenvalue weighted by Crippen LogP contribution is 2.27. The molecule has 100 valence electrons. The van der Waals surface area contributed by atoms with Gasteiger partial charge in [-0.2, -0.15) is 0 Å². The number of nitrogens with one attached hydrogen (secondary N) is 1. The van der Waals surface area contributed by atoms with Crippen LogP contribution in [0, 0.1) is 10.1 Å². The van der Waals surface area contributed by atoms with Crippen LogP contribution in [0.25, 0.3) is 0 Å². The Bertz CT molecular complexity index is 560. The Labute approximate surface area is 109 Å². The summed E-state index contributed by atoms with van der Waals surface area (Å²) in [4.78, 5) is 9.46. The van der Waals surface area contributed by atoms with E-state index >= 15 is 0 Å². The predicted molar refractivity (Wildman–Crippen MR) is 65.0 cm³/mol. The van der Waals surface area contributed by atoms with E-state index in [1.807, 2.05) is 0 Å². The second-order valence-electron chi connectivity index (χ2n) is 3.57. The van der Waals surface area contributed by atoms with Crippen molar-refractivity contribution in [3.8, 4) is 0 Å². The van der Waals surface area contributed by atoms with Gasteiger partial charge >= 0.3 is 0 Å². The van der Waals surface area contributed by atoms with Gasteiger partial charge in [-0.25, -0.2) is 13.1 Å². The van der Waals surface area contributed by atoms with E-state index in [9.17, 15) is 18.5 Å². The molecular formula is C9H11ClN2O5S. The third-order valence-electron chi connectivity index (χ3n) is 2.04. The molecule has 0 spiro atoms. The minimum atomic E-state index is -4.07. The lowest BCUT2D eigenvalue weighted by Crippen LogP contribution is -2.35. The molecule has 0 saturated carbocycles. The molecule has 0 aliphatic carbocycles. The number of sulfonamides is 1. The van der Waals surface area contributed by atoms with Gasteiger partial charge in [-0.1, -0.05) is 11.6 Å². The molecule has 18 heavy (non-hydrogen) atoms. The first kappa shape index (κ1) is 14.8. The molecule has 0 amide bonds. The average molecular weight is 295 g/mol. The van der Waals surface area contributed by atoms with E-state index < -0.39 is 38.2 Å². The van der Waals surface area contributed by atoms with Gasteiger partial charge in [-0.15, -0.1) is 0 Å². The zero-order chi connectivity index (χ0) is 13.9. The average Bonchev–Trinajstić information content (AvgIpc) is 2.27. The lowest BCUT2D eigenvalue weighted by Gasteiger charge is -2.11. The van der Waals surface area contributed by atoms with Crippen LogP contribution in [0.4, 0.5) is 5.69 Å².